The van der Waals surface area contributed by atoms with Crippen molar-refractivity contribution in [1.29, 1.82) is 0 Å². The van der Waals surface area contributed by atoms with Gasteiger partial charge in [0.1, 0.15) is 0 Å². The van der Waals surface area contributed by atoms with E-state index in [0.29, 0.717) is 0 Å². The molecule has 0 heterocycles. The van der Waals surface area contributed by atoms with Crippen LogP contribution in [-0.4, -0.2) is 22.2 Å². The summed E-state index contributed by atoms with van der Waals surface area (Å²) in [6, 6.07) is 13.5. The number of benzene rings is 2. The average Bonchev–Trinajstić information content (AvgIpc) is 2.28. The monoisotopic (exact) mass is 246 g/mol. The van der Waals surface area contributed by atoms with Crippen LogP contribution in [0.15, 0.2) is 42.5 Å². The van der Waals surface area contributed by atoms with Gasteiger partial charge in [-0.25, -0.2) is 0 Å². The van der Waals surface area contributed by atoms with Crippen molar-refractivity contribution in [3.8, 4) is 0 Å². The van der Waals surface area contributed by atoms with E-state index in [1.54, 1.807) is 0 Å². The molecule has 2 aromatic carbocycles. The van der Waals surface area contributed by atoms with Gasteiger partial charge < -0.3 is 10.2 Å². The van der Waals surface area contributed by atoms with E-state index in [4.69, 9.17) is 15.0 Å². The van der Waals surface area contributed by atoms with Crippen LogP contribution in [0.3, 0.4) is 0 Å². The zero-order valence-electron chi connectivity index (χ0n) is 9.96. The van der Waals surface area contributed by atoms with Gasteiger partial charge in [0.25, 0.3) is 5.97 Å². The van der Waals surface area contributed by atoms with Crippen molar-refractivity contribution in [2.24, 2.45) is 0 Å². The topological polar surface area (TPSA) is 74.6 Å². The van der Waals surface area contributed by atoms with Crippen molar-refractivity contribution in [2.45, 2.75) is 13.3 Å². The second kappa shape index (κ2) is 6.39. The minimum Gasteiger partial charge on any atom is -0.481 e. The van der Waals surface area contributed by atoms with Gasteiger partial charge in [-0.3, -0.25) is 9.59 Å². The highest BCUT2D eigenvalue weighted by molar-refractivity contribution is 5.88. The molecule has 0 amide bonds. The molecule has 94 valence electrons. The molecule has 2 rings (SSSR count). The van der Waals surface area contributed by atoms with Gasteiger partial charge in [-0.15, -0.1) is 0 Å². The lowest BCUT2D eigenvalue weighted by Crippen LogP contribution is -2.00. The van der Waals surface area contributed by atoms with E-state index in [2.05, 4.69) is 0 Å². The average molecular weight is 246 g/mol. The first-order chi connectivity index (χ1) is 8.50. The van der Waals surface area contributed by atoms with Crippen LogP contribution in [-0.2, 0) is 16.0 Å². The van der Waals surface area contributed by atoms with Crippen molar-refractivity contribution in [3.05, 3.63) is 48.0 Å². The van der Waals surface area contributed by atoms with Gasteiger partial charge in [0, 0.05) is 6.92 Å². The third kappa shape index (κ3) is 4.25. The maximum atomic E-state index is 10.6. The highest BCUT2D eigenvalue weighted by atomic mass is 16.4. The Morgan fingerprint density at radius 2 is 1.56 bits per heavy atom. The first kappa shape index (κ1) is 13.7. The standard InChI is InChI=1S/C12H10O2.C2H4O2/c13-12(14)8-10-6-3-5-9-4-1-2-7-11(9)10;1-2(3)4/h1-7H,8H2,(H,13,14);1H3,(H,3,4). The molecule has 0 saturated heterocycles. The number of carboxylic acid groups (broad SMARTS) is 2. The number of hydrogen-bond donors (Lipinski definition) is 2. The molecule has 0 aliphatic rings. The predicted molar refractivity (Wildman–Crippen MR) is 68.6 cm³/mol. The molecule has 0 saturated carbocycles. The van der Waals surface area contributed by atoms with Gasteiger partial charge in [-0.1, -0.05) is 42.5 Å². The quantitative estimate of drug-likeness (QED) is 0.853. The number of rotatable bonds is 2. The Bertz CT molecular complexity index is 551. The molecule has 0 bridgehead atoms. The minimum atomic E-state index is -0.833. The molecular formula is C14H14O4. The lowest BCUT2D eigenvalue weighted by atomic mass is 10.0. The maximum absolute atomic E-state index is 10.6. The van der Waals surface area contributed by atoms with Crippen molar-refractivity contribution in [3.63, 3.8) is 0 Å². The smallest absolute Gasteiger partial charge is 0.307 e. The molecule has 4 heteroatoms. The molecule has 0 atom stereocenters. The first-order valence-corrected chi connectivity index (χ1v) is 5.38. The zero-order valence-corrected chi connectivity index (χ0v) is 9.96. The SMILES string of the molecule is CC(=O)O.O=C(O)Cc1cccc2ccccc12. The van der Waals surface area contributed by atoms with Crippen molar-refractivity contribution < 1.29 is 19.8 Å². The summed E-state index contributed by atoms with van der Waals surface area (Å²) in [6.07, 6.45) is 0.0847. The van der Waals surface area contributed by atoms with Crippen LogP contribution in [0, 0.1) is 0 Å². The van der Waals surface area contributed by atoms with Gasteiger partial charge in [0.2, 0.25) is 0 Å². The normalized spacial score (nSPS) is 9.39. The molecule has 0 fully saturated rings. The van der Waals surface area contributed by atoms with E-state index in [1.807, 2.05) is 42.5 Å². The van der Waals surface area contributed by atoms with Gasteiger partial charge in [0.15, 0.2) is 0 Å². The molecule has 0 aromatic heterocycles. The first-order valence-electron chi connectivity index (χ1n) is 5.38. The number of hydrogen-bond acceptors (Lipinski definition) is 2. The number of carboxylic acids is 2. The summed E-state index contributed by atoms with van der Waals surface area (Å²) in [4.78, 5) is 19.6. The van der Waals surface area contributed by atoms with Gasteiger partial charge in [0.05, 0.1) is 6.42 Å². The van der Waals surface area contributed by atoms with Gasteiger partial charge in [-0.2, -0.15) is 0 Å². The Kier molecular flexibility index (Phi) is 4.87. The van der Waals surface area contributed by atoms with Gasteiger partial charge in [-0.05, 0) is 16.3 Å². The van der Waals surface area contributed by atoms with E-state index in [0.717, 1.165) is 23.3 Å². The van der Waals surface area contributed by atoms with Crippen molar-refractivity contribution in [2.75, 3.05) is 0 Å². The summed E-state index contributed by atoms with van der Waals surface area (Å²) < 4.78 is 0. The number of fused-ring (bicyclic) bond motifs is 1. The van der Waals surface area contributed by atoms with Crippen LogP contribution in [0.5, 0.6) is 0 Å². The van der Waals surface area contributed by atoms with Crippen molar-refractivity contribution in [1.82, 2.24) is 0 Å². The van der Waals surface area contributed by atoms with Gasteiger partial charge >= 0.3 is 5.97 Å². The summed E-state index contributed by atoms with van der Waals surface area (Å²) in [6.45, 7) is 1.08. The Labute approximate surface area is 104 Å². The van der Waals surface area contributed by atoms with Crippen LogP contribution in [0.2, 0.25) is 0 Å². The fourth-order valence-electron chi connectivity index (χ4n) is 1.61. The number of aliphatic carboxylic acids is 2. The van der Waals surface area contributed by atoms with Crippen LogP contribution >= 0.6 is 0 Å². The second-order valence-electron chi connectivity index (χ2n) is 3.73. The van der Waals surface area contributed by atoms with E-state index >= 15 is 0 Å². The summed E-state index contributed by atoms with van der Waals surface area (Å²) in [5.41, 5.74) is 0.871. The molecule has 2 aromatic rings. The third-order valence-corrected chi connectivity index (χ3v) is 2.22. The Balaban J connectivity index is 0.000000357. The van der Waals surface area contributed by atoms with Crippen molar-refractivity contribution >= 4 is 22.7 Å². The highest BCUT2D eigenvalue weighted by Gasteiger charge is 2.03. The number of carbonyl (C=O) groups is 2. The molecule has 18 heavy (non-hydrogen) atoms. The van der Waals surface area contributed by atoms with E-state index in [9.17, 15) is 4.79 Å². The van der Waals surface area contributed by atoms with Crippen LogP contribution < -0.4 is 0 Å². The molecule has 0 aliphatic heterocycles. The Hall–Kier alpha value is -2.36. The van der Waals surface area contributed by atoms with E-state index in [-0.39, 0.29) is 6.42 Å². The largest absolute Gasteiger partial charge is 0.481 e. The molecule has 0 radical (unpaired) electrons. The molecule has 4 nitrogen and oxygen atoms in total. The Morgan fingerprint density at radius 3 is 2.17 bits per heavy atom. The lowest BCUT2D eigenvalue weighted by Gasteiger charge is -2.02. The molecular weight excluding hydrogens is 232 g/mol. The summed E-state index contributed by atoms with van der Waals surface area (Å²) in [5, 5.41) is 18.3. The highest BCUT2D eigenvalue weighted by Crippen LogP contribution is 2.18. The zero-order chi connectivity index (χ0) is 13.5. The van der Waals surface area contributed by atoms with Crippen LogP contribution in [0.25, 0.3) is 10.8 Å². The molecule has 0 unspecified atom stereocenters. The fourth-order valence-corrected chi connectivity index (χ4v) is 1.61. The summed E-state index contributed by atoms with van der Waals surface area (Å²) >= 11 is 0. The molecule has 2 N–H and O–H groups in total. The third-order valence-electron chi connectivity index (χ3n) is 2.22. The Morgan fingerprint density at radius 1 is 1.00 bits per heavy atom. The van der Waals surface area contributed by atoms with Crippen LogP contribution in [0.1, 0.15) is 12.5 Å². The van der Waals surface area contributed by atoms with E-state index < -0.39 is 11.9 Å². The summed E-state index contributed by atoms with van der Waals surface area (Å²) in [7, 11) is 0. The second-order valence-corrected chi connectivity index (χ2v) is 3.73. The summed E-state index contributed by atoms with van der Waals surface area (Å²) in [5.74, 6) is -1.62. The maximum Gasteiger partial charge on any atom is 0.307 e. The lowest BCUT2D eigenvalue weighted by molar-refractivity contribution is -0.136. The predicted octanol–water partition coefficient (Wildman–Crippen LogP) is 2.56. The van der Waals surface area contributed by atoms with E-state index in [1.165, 1.54) is 0 Å². The fraction of sp³-hybridized carbons (Fsp3) is 0.143. The minimum absolute atomic E-state index is 0.0847. The van der Waals surface area contributed by atoms with Crippen LogP contribution in [0.4, 0.5) is 0 Å². The molecule has 0 spiro atoms. The molecule has 0 aliphatic carbocycles.